The van der Waals surface area contributed by atoms with Crippen LogP contribution in [0, 0.1) is 12.0 Å². The van der Waals surface area contributed by atoms with Crippen molar-refractivity contribution >= 4 is 11.0 Å². The van der Waals surface area contributed by atoms with Gasteiger partial charge in [0.25, 0.3) is 0 Å². The Morgan fingerprint density at radius 2 is 1.94 bits per heavy atom. The summed E-state index contributed by atoms with van der Waals surface area (Å²) in [5.41, 5.74) is 2.10. The molecule has 1 heterocycles. The summed E-state index contributed by atoms with van der Waals surface area (Å²) >= 11 is 0. The molecule has 94 valence electrons. The molecule has 0 atom stereocenters. The number of imidazole rings is 1. The molecule has 1 aromatic carbocycles. The second-order valence-electron chi connectivity index (χ2n) is 4.56. The summed E-state index contributed by atoms with van der Waals surface area (Å²) in [4.78, 5) is 4.32. The quantitative estimate of drug-likeness (QED) is 0.565. The fraction of sp³-hybridized carbons (Fsp3) is 0.438. The summed E-state index contributed by atoms with van der Waals surface area (Å²) < 4.78 is 1.92. The average molecular weight is 240 g/mol. The lowest BCUT2D eigenvalue weighted by molar-refractivity contribution is 0.641. The summed E-state index contributed by atoms with van der Waals surface area (Å²) in [6.07, 6.45) is 9.27. The molecule has 0 N–H and O–H groups in total. The van der Waals surface area contributed by atoms with E-state index >= 15 is 0 Å². The highest BCUT2D eigenvalue weighted by molar-refractivity contribution is 5.75. The molecule has 0 fully saturated rings. The Hall–Kier alpha value is -1.75. The molecule has 2 nitrogen and oxygen atoms in total. The van der Waals surface area contributed by atoms with Gasteiger partial charge in [0.2, 0.25) is 0 Å². The fourth-order valence-electron chi connectivity index (χ4n) is 2.01. The lowest BCUT2D eigenvalue weighted by Gasteiger charge is -1.95. The first-order valence-corrected chi connectivity index (χ1v) is 6.83. The highest BCUT2D eigenvalue weighted by Crippen LogP contribution is 2.10. The van der Waals surface area contributed by atoms with E-state index < -0.39 is 0 Å². The molecule has 0 bridgehead atoms. The van der Waals surface area contributed by atoms with Crippen LogP contribution in [-0.4, -0.2) is 9.55 Å². The van der Waals surface area contributed by atoms with Crippen LogP contribution in [0.15, 0.2) is 30.6 Å². The minimum absolute atomic E-state index is 0.982. The molecule has 18 heavy (non-hydrogen) atoms. The maximum absolute atomic E-state index is 4.32. The standard InChI is InChI=1S/C16H20N2/c1-2-3-4-5-6-7-10-13-18-14-17-15-11-8-9-12-16(15)18/h8-9,11-12,14H,2-7H2,1H3. The van der Waals surface area contributed by atoms with Crippen LogP contribution in [0.2, 0.25) is 0 Å². The van der Waals surface area contributed by atoms with Gasteiger partial charge in [0.1, 0.15) is 6.33 Å². The predicted molar refractivity (Wildman–Crippen MR) is 76.3 cm³/mol. The molecule has 0 aliphatic rings. The van der Waals surface area contributed by atoms with E-state index in [2.05, 4.69) is 29.9 Å². The van der Waals surface area contributed by atoms with Gasteiger partial charge >= 0.3 is 0 Å². The van der Waals surface area contributed by atoms with Gasteiger partial charge in [-0.15, -0.1) is 0 Å². The van der Waals surface area contributed by atoms with Crippen LogP contribution in [0.25, 0.3) is 11.0 Å². The van der Waals surface area contributed by atoms with E-state index in [1.165, 1.54) is 32.1 Å². The largest absolute Gasteiger partial charge is 0.257 e. The summed E-state index contributed by atoms with van der Waals surface area (Å²) in [5.74, 6) is 3.23. The number of unbranched alkanes of at least 4 members (excludes halogenated alkanes) is 5. The molecule has 2 aromatic rings. The lowest BCUT2D eigenvalue weighted by atomic mass is 10.1. The number of para-hydroxylation sites is 2. The number of hydrogen-bond donors (Lipinski definition) is 0. The molecule has 0 unspecified atom stereocenters. The zero-order valence-corrected chi connectivity index (χ0v) is 11.0. The minimum atomic E-state index is 0.982. The summed E-state index contributed by atoms with van der Waals surface area (Å²) in [5, 5.41) is 0. The zero-order valence-electron chi connectivity index (χ0n) is 11.0. The van der Waals surface area contributed by atoms with Crippen LogP contribution in [0.3, 0.4) is 0 Å². The smallest absolute Gasteiger partial charge is 0.108 e. The lowest BCUT2D eigenvalue weighted by Crippen LogP contribution is -1.85. The van der Waals surface area contributed by atoms with Gasteiger partial charge in [-0.05, 0) is 18.6 Å². The minimum Gasteiger partial charge on any atom is -0.257 e. The van der Waals surface area contributed by atoms with E-state index in [1.807, 2.05) is 22.8 Å². The van der Waals surface area contributed by atoms with Crippen LogP contribution < -0.4 is 0 Å². The van der Waals surface area contributed by atoms with E-state index in [4.69, 9.17) is 0 Å². The van der Waals surface area contributed by atoms with Gasteiger partial charge in [-0.3, -0.25) is 4.57 Å². The highest BCUT2D eigenvalue weighted by Gasteiger charge is 1.97. The van der Waals surface area contributed by atoms with Gasteiger partial charge < -0.3 is 0 Å². The first-order valence-electron chi connectivity index (χ1n) is 6.83. The van der Waals surface area contributed by atoms with Gasteiger partial charge in [0, 0.05) is 12.5 Å². The van der Waals surface area contributed by atoms with Crippen LogP contribution in [-0.2, 0) is 0 Å². The number of fused-ring (bicyclic) bond motifs is 1. The number of nitrogens with zero attached hydrogens (tertiary/aromatic N) is 2. The van der Waals surface area contributed by atoms with Gasteiger partial charge in [-0.25, -0.2) is 4.98 Å². The first-order chi connectivity index (χ1) is 8.92. The van der Waals surface area contributed by atoms with E-state index in [0.29, 0.717) is 0 Å². The second-order valence-corrected chi connectivity index (χ2v) is 4.56. The van der Waals surface area contributed by atoms with Crippen molar-refractivity contribution in [2.75, 3.05) is 0 Å². The summed E-state index contributed by atoms with van der Waals surface area (Å²) in [6.45, 7) is 2.24. The van der Waals surface area contributed by atoms with Crippen molar-refractivity contribution in [2.24, 2.45) is 0 Å². The molecule has 0 radical (unpaired) electrons. The SMILES string of the molecule is CCCCCCCC#Cn1cnc2ccccc21. The Labute approximate surface area is 109 Å². The van der Waals surface area contributed by atoms with Crippen LogP contribution in [0.4, 0.5) is 0 Å². The number of aromatic nitrogens is 2. The van der Waals surface area contributed by atoms with Crippen LogP contribution >= 0.6 is 0 Å². The molecule has 0 spiro atoms. The number of benzene rings is 1. The Kier molecular flexibility index (Phi) is 4.84. The molecule has 2 heteroatoms. The Bertz CT molecular complexity index is 543. The first kappa shape index (κ1) is 12.7. The van der Waals surface area contributed by atoms with Crippen molar-refractivity contribution in [1.29, 1.82) is 0 Å². The summed E-state index contributed by atoms with van der Waals surface area (Å²) in [7, 11) is 0. The maximum Gasteiger partial charge on any atom is 0.108 e. The third kappa shape index (κ3) is 3.37. The van der Waals surface area contributed by atoms with Gasteiger partial charge in [0.05, 0.1) is 11.0 Å². The van der Waals surface area contributed by atoms with Crippen LogP contribution in [0.5, 0.6) is 0 Å². The molecular weight excluding hydrogens is 220 g/mol. The molecule has 0 aliphatic heterocycles. The van der Waals surface area contributed by atoms with Crippen molar-refractivity contribution < 1.29 is 0 Å². The van der Waals surface area contributed by atoms with Crippen molar-refractivity contribution in [2.45, 2.75) is 45.4 Å². The van der Waals surface area contributed by atoms with Crippen molar-refractivity contribution in [3.8, 4) is 12.0 Å². The monoisotopic (exact) mass is 240 g/mol. The molecule has 0 saturated carbocycles. The average Bonchev–Trinajstić information content (AvgIpc) is 2.81. The van der Waals surface area contributed by atoms with Gasteiger partial charge in [-0.2, -0.15) is 0 Å². The predicted octanol–water partition coefficient (Wildman–Crippen LogP) is 4.21. The molecule has 2 rings (SSSR count). The fourth-order valence-corrected chi connectivity index (χ4v) is 2.01. The maximum atomic E-state index is 4.32. The molecule has 1 aromatic heterocycles. The van der Waals surface area contributed by atoms with Crippen molar-refractivity contribution in [1.82, 2.24) is 9.55 Å². The molecule has 0 amide bonds. The van der Waals surface area contributed by atoms with E-state index in [0.717, 1.165) is 17.5 Å². The van der Waals surface area contributed by atoms with Gasteiger partial charge in [-0.1, -0.05) is 50.7 Å². The zero-order chi connectivity index (χ0) is 12.6. The van der Waals surface area contributed by atoms with Gasteiger partial charge in [0.15, 0.2) is 0 Å². The van der Waals surface area contributed by atoms with E-state index in [-0.39, 0.29) is 0 Å². The summed E-state index contributed by atoms with van der Waals surface area (Å²) in [6, 6.07) is 11.3. The van der Waals surface area contributed by atoms with E-state index in [1.54, 1.807) is 6.33 Å². The normalized spacial score (nSPS) is 10.3. The van der Waals surface area contributed by atoms with E-state index in [9.17, 15) is 0 Å². The second kappa shape index (κ2) is 6.86. The third-order valence-electron chi connectivity index (χ3n) is 3.06. The Balaban J connectivity index is 1.86. The number of rotatable bonds is 5. The van der Waals surface area contributed by atoms with Crippen molar-refractivity contribution in [3.63, 3.8) is 0 Å². The molecule has 0 saturated heterocycles. The molecule has 0 aliphatic carbocycles. The number of hydrogen-bond acceptors (Lipinski definition) is 1. The van der Waals surface area contributed by atoms with Crippen molar-refractivity contribution in [3.05, 3.63) is 30.6 Å². The third-order valence-corrected chi connectivity index (χ3v) is 3.06. The Morgan fingerprint density at radius 1 is 1.11 bits per heavy atom. The Morgan fingerprint density at radius 3 is 2.83 bits per heavy atom. The molecular formula is C16H20N2. The van der Waals surface area contributed by atoms with Crippen LogP contribution in [0.1, 0.15) is 45.4 Å². The highest BCUT2D eigenvalue weighted by atomic mass is 15.0. The topological polar surface area (TPSA) is 17.8 Å².